The second-order valence-electron chi connectivity index (χ2n) is 2.77. The molecular weight excluding hydrogens is 204 g/mol. The van der Waals surface area contributed by atoms with Crippen LogP contribution in [-0.4, -0.2) is 11.7 Å². The second-order valence-corrected chi connectivity index (χ2v) is 2.77. The van der Waals surface area contributed by atoms with Crippen LogP contribution in [-0.2, 0) is 0 Å². The maximum Gasteiger partial charge on any atom is 0.332 e. The topological polar surface area (TPSA) is 67.5 Å². The fourth-order valence-corrected chi connectivity index (χ4v) is 1.04. The van der Waals surface area contributed by atoms with Gasteiger partial charge in [0, 0.05) is 0 Å². The number of hydrogen-bond donors (Lipinski definition) is 2. The molecule has 0 unspecified atom stereocenters. The van der Waals surface area contributed by atoms with Crippen molar-refractivity contribution < 1.29 is 13.6 Å². The highest BCUT2D eigenvalue weighted by Gasteiger charge is 2.11. The van der Waals surface area contributed by atoms with E-state index in [1.54, 1.807) is 0 Å². The van der Waals surface area contributed by atoms with Crippen LogP contribution in [0.1, 0.15) is 12.5 Å². The van der Waals surface area contributed by atoms with Crippen molar-refractivity contribution in [1.82, 2.24) is 5.43 Å². The largest absolute Gasteiger partial charge is 0.350 e. The number of halogens is 2. The average molecular weight is 213 g/mol. The Morgan fingerprint density at radius 3 is 2.40 bits per heavy atom. The molecule has 0 bridgehead atoms. The van der Waals surface area contributed by atoms with Crippen LogP contribution in [0.4, 0.5) is 13.6 Å². The van der Waals surface area contributed by atoms with Gasteiger partial charge in [-0.25, -0.2) is 19.0 Å². The molecular formula is C9H9F2N3O. The molecule has 0 aliphatic rings. The predicted molar refractivity (Wildman–Crippen MR) is 51.3 cm³/mol. The van der Waals surface area contributed by atoms with Crippen LogP contribution in [0, 0.1) is 11.6 Å². The van der Waals surface area contributed by atoms with Gasteiger partial charge in [-0.05, 0) is 19.1 Å². The summed E-state index contributed by atoms with van der Waals surface area (Å²) in [6, 6.07) is 2.54. The number of nitrogens with two attached hydrogens (primary N) is 1. The van der Waals surface area contributed by atoms with Gasteiger partial charge in [0.05, 0.1) is 11.3 Å². The molecule has 0 saturated carbocycles. The summed E-state index contributed by atoms with van der Waals surface area (Å²) in [6.07, 6.45) is 0. The molecule has 0 heterocycles. The van der Waals surface area contributed by atoms with Crippen LogP contribution in [0.2, 0.25) is 0 Å². The van der Waals surface area contributed by atoms with E-state index in [-0.39, 0.29) is 11.3 Å². The first-order valence-electron chi connectivity index (χ1n) is 4.06. The van der Waals surface area contributed by atoms with E-state index in [0.29, 0.717) is 0 Å². The molecule has 1 rings (SSSR count). The van der Waals surface area contributed by atoms with E-state index >= 15 is 0 Å². The number of hydrazone groups is 1. The van der Waals surface area contributed by atoms with Gasteiger partial charge in [0.2, 0.25) is 0 Å². The summed E-state index contributed by atoms with van der Waals surface area (Å²) in [5, 5.41) is 3.43. The van der Waals surface area contributed by atoms with Gasteiger partial charge in [0.1, 0.15) is 11.6 Å². The summed E-state index contributed by atoms with van der Waals surface area (Å²) >= 11 is 0. The lowest BCUT2D eigenvalue weighted by atomic mass is 10.1. The highest BCUT2D eigenvalue weighted by atomic mass is 19.1. The molecule has 0 aliphatic carbocycles. The average Bonchev–Trinajstić information content (AvgIpc) is 2.14. The van der Waals surface area contributed by atoms with Crippen LogP contribution in [0.25, 0.3) is 0 Å². The van der Waals surface area contributed by atoms with Crippen molar-refractivity contribution in [3.63, 3.8) is 0 Å². The van der Waals surface area contributed by atoms with E-state index in [2.05, 4.69) is 5.10 Å². The summed E-state index contributed by atoms with van der Waals surface area (Å²) in [4.78, 5) is 10.3. The molecule has 6 heteroatoms. The third-order valence-electron chi connectivity index (χ3n) is 1.66. The molecule has 80 valence electrons. The van der Waals surface area contributed by atoms with E-state index in [1.807, 2.05) is 5.43 Å². The van der Waals surface area contributed by atoms with Gasteiger partial charge in [-0.15, -0.1) is 0 Å². The van der Waals surface area contributed by atoms with Crippen LogP contribution in [0.15, 0.2) is 23.3 Å². The molecule has 15 heavy (non-hydrogen) atoms. The van der Waals surface area contributed by atoms with Crippen LogP contribution >= 0.6 is 0 Å². The van der Waals surface area contributed by atoms with Crippen LogP contribution in [0.5, 0.6) is 0 Å². The first kappa shape index (κ1) is 11.1. The van der Waals surface area contributed by atoms with E-state index in [4.69, 9.17) is 5.73 Å². The van der Waals surface area contributed by atoms with Gasteiger partial charge < -0.3 is 5.73 Å². The Bertz CT molecular complexity index is 398. The number of primary amides is 1. The molecule has 3 N–H and O–H groups in total. The first-order valence-corrected chi connectivity index (χ1v) is 4.06. The highest BCUT2D eigenvalue weighted by Crippen LogP contribution is 2.12. The standard InChI is InChI=1S/C9H9F2N3O/c1-5(13-14-9(12)15)8-6(10)3-2-4-7(8)11/h2-4H,1H3,(H3,12,14,15)/b13-5+. The molecule has 2 amide bonds. The van der Waals surface area contributed by atoms with Crippen molar-refractivity contribution >= 4 is 11.7 Å². The Morgan fingerprint density at radius 1 is 1.40 bits per heavy atom. The summed E-state index contributed by atoms with van der Waals surface area (Å²) in [5.41, 5.74) is 6.36. The quantitative estimate of drug-likeness (QED) is 0.565. The van der Waals surface area contributed by atoms with E-state index in [0.717, 1.165) is 12.1 Å². The van der Waals surface area contributed by atoms with Gasteiger partial charge in [0.15, 0.2) is 0 Å². The number of carbonyl (C=O) groups excluding carboxylic acids is 1. The highest BCUT2D eigenvalue weighted by molar-refractivity contribution is 5.99. The molecule has 0 saturated heterocycles. The Balaban J connectivity index is 3.05. The normalized spacial score (nSPS) is 11.3. The molecule has 0 aromatic heterocycles. The zero-order valence-corrected chi connectivity index (χ0v) is 7.92. The van der Waals surface area contributed by atoms with Crippen LogP contribution < -0.4 is 11.2 Å². The number of amides is 2. The Kier molecular flexibility index (Phi) is 3.33. The Labute approximate surface area is 84.8 Å². The smallest absolute Gasteiger partial charge is 0.332 e. The van der Waals surface area contributed by atoms with Crippen LogP contribution in [0.3, 0.4) is 0 Å². The predicted octanol–water partition coefficient (Wildman–Crippen LogP) is 1.36. The third-order valence-corrected chi connectivity index (χ3v) is 1.66. The van der Waals surface area contributed by atoms with E-state index < -0.39 is 17.7 Å². The number of nitrogens with one attached hydrogen (secondary N) is 1. The van der Waals surface area contributed by atoms with Gasteiger partial charge in [-0.1, -0.05) is 6.07 Å². The number of carbonyl (C=O) groups is 1. The number of rotatable bonds is 2. The van der Waals surface area contributed by atoms with Crippen molar-refractivity contribution in [2.24, 2.45) is 10.8 Å². The Hall–Kier alpha value is -1.98. The molecule has 0 atom stereocenters. The first-order chi connectivity index (χ1) is 7.02. The van der Waals surface area contributed by atoms with Crippen molar-refractivity contribution in [3.05, 3.63) is 35.4 Å². The molecule has 4 nitrogen and oxygen atoms in total. The van der Waals surface area contributed by atoms with Crippen molar-refractivity contribution in [2.45, 2.75) is 6.92 Å². The molecule has 0 fully saturated rings. The van der Waals surface area contributed by atoms with Gasteiger partial charge in [0.25, 0.3) is 0 Å². The summed E-state index contributed by atoms with van der Waals surface area (Å²) < 4.78 is 26.3. The lowest BCUT2D eigenvalue weighted by Gasteiger charge is -2.03. The number of nitrogens with zero attached hydrogens (tertiary/aromatic N) is 1. The minimum atomic E-state index is -0.897. The number of urea groups is 1. The lowest BCUT2D eigenvalue weighted by molar-refractivity contribution is 0.249. The van der Waals surface area contributed by atoms with E-state index in [9.17, 15) is 13.6 Å². The number of hydrogen-bond acceptors (Lipinski definition) is 2. The maximum atomic E-state index is 13.2. The fourth-order valence-electron chi connectivity index (χ4n) is 1.04. The zero-order chi connectivity index (χ0) is 11.4. The monoisotopic (exact) mass is 213 g/mol. The fraction of sp³-hybridized carbons (Fsp3) is 0.111. The third kappa shape index (κ3) is 2.73. The van der Waals surface area contributed by atoms with E-state index in [1.165, 1.54) is 13.0 Å². The van der Waals surface area contributed by atoms with Crippen molar-refractivity contribution in [2.75, 3.05) is 0 Å². The lowest BCUT2D eigenvalue weighted by Crippen LogP contribution is -2.25. The van der Waals surface area contributed by atoms with Crippen molar-refractivity contribution in [3.8, 4) is 0 Å². The molecule has 0 spiro atoms. The van der Waals surface area contributed by atoms with Crippen molar-refractivity contribution in [1.29, 1.82) is 0 Å². The summed E-state index contributed by atoms with van der Waals surface area (Å²) in [5.74, 6) is -1.50. The zero-order valence-electron chi connectivity index (χ0n) is 7.92. The minimum absolute atomic E-state index is 0.00407. The molecule has 1 aromatic rings. The minimum Gasteiger partial charge on any atom is -0.350 e. The van der Waals surface area contributed by atoms with Gasteiger partial charge >= 0.3 is 6.03 Å². The maximum absolute atomic E-state index is 13.2. The second kappa shape index (κ2) is 4.50. The van der Waals surface area contributed by atoms with Gasteiger partial charge in [-0.2, -0.15) is 5.10 Å². The van der Waals surface area contributed by atoms with Gasteiger partial charge in [-0.3, -0.25) is 0 Å². The molecule has 0 aliphatic heterocycles. The SMILES string of the molecule is C/C(=N\NC(N)=O)c1c(F)cccc1F. The molecule has 1 aromatic carbocycles. The Morgan fingerprint density at radius 2 is 1.93 bits per heavy atom. The summed E-state index contributed by atoms with van der Waals surface area (Å²) in [7, 11) is 0. The number of benzene rings is 1. The summed E-state index contributed by atoms with van der Waals surface area (Å²) in [6.45, 7) is 1.36. The molecule has 0 radical (unpaired) electrons.